The van der Waals surface area contributed by atoms with Crippen molar-refractivity contribution in [3.63, 3.8) is 0 Å². The lowest BCUT2D eigenvalue weighted by atomic mass is 9.98. The Hall–Kier alpha value is -0.680. The van der Waals surface area contributed by atoms with Gasteiger partial charge in [-0.05, 0) is 30.5 Å². The third kappa shape index (κ3) is 6.66. The summed E-state index contributed by atoms with van der Waals surface area (Å²) in [6, 6.07) is 8.19. The topological polar surface area (TPSA) is 106 Å². The summed E-state index contributed by atoms with van der Waals surface area (Å²) in [5.41, 5.74) is 2.21. The summed E-state index contributed by atoms with van der Waals surface area (Å²) in [5.74, 6) is 1.06. The lowest BCUT2D eigenvalue weighted by Gasteiger charge is -2.43. The van der Waals surface area contributed by atoms with Crippen LogP contribution in [0.1, 0.15) is 12.0 Å². The molecular weight excluding hydrogens is 435 g/mol. The highest BCUT2D eigenvalue weighted by Crippen LogP contribution is 2.24. The highest BCUT2D eigenvalue weighted by atomic mass is 35.5. The second-order valence-electron chi connectivity index (χ2n) is 7.18. The van der Waals surface area contributed by atoms with Crippen molar-refractivity contribution in [2.75, 3.05) is 50.0 Å². The summed E-state index contributed by atoms with van der Waals surface area (Å²) < 4.78 is 5.54. The Morgan fingerprint density at radius 1 is 0.967 bits per heavy atom. The number of benzene rings is 1. The number of alkyl halides is 2. The van der Waals surface area contributed by atoms with E-state index in [2.05, 4.69) is 17.0 Å². The summed E-state index contributed by atoms with van der Waals surface area (Å²) in [6.07, 6.45) is -4.68. The van der Waals surface area contributed by atoms with Gasteiger partial charge in [-0.15, -0.1) is 23.2 Å². The van der Waals surface area contributed by atoms with Gasteiger partial charge < -0.3 is 30.1 Å². The van der Waals surface area contributed by atoms with E-state index in [1.807, 2.05) is 12.1 Å². The molecule has 0 bridgehead atoms. The average Bonchev–Trinajstić information content (AvgIpc) is 2.76. The molecule has 2 rings (SSSR count). The number of rotatable bonds is 12. The van der Waals surface area contributed by atoms with Crippen LogP contribution in [0, 0.1) is 0 Å². The van der Waals surface area contributed by atoms with E-state index in [0.717, 1.165) is 30.8 Å². The monoisotopic (exact) mass is 466 g/mol. The lowest BCUT2D eigenvalue weighted by Crippen LogP contribution is -2.63. The molecule has 0 aromatic heterocycles. The second kappa shape index (κ2) is 13.0. The minimum Gasteiger partial charge on any atom is -0.394 e. The van der Waals surface area contributed by atoms with Gasteiger partial charge in [-0.1, -0.05) is 12.1 Å². The fourth-order valence-electron chi connectivity index (χ4n) is 3.53. The smallest absolute Gasteiger partial charge is 0.162 e. The van der Waals surface area contributed by atoms with Crippen LogP contribution in [-0.2, 0) is 16.0 Å². The Morgan fingerprint density at radius 2 is 1.60 bits per heavy atom. The van der Waals surface area contributed by atoms with Crippen LogP contribution in [0.4, 0.5) is 5.69 Å². The number of hydrogen-bond acceptors (Lipinski definition) is 8. The first-order valence-corrected chi connectivity index (χ1v) is 11.1. The van der Waals surface area contributed by atoms with Gasteiger partial charge in [0, 0.05) is 37.1 Å². The van der Waals surface area contributed by atoms with Gasteiger partial charge >= 0.3 is 0 Å². The molecule has 10 heteroatoms. The fourth-order valence-corrected chi connectivity index (χ4v) is 3.94. The minimum atomic E-state index is -1.44. The van der Waals surface area contributed by atoms with Crippen LogP contribution in [-0.4, -0.2) is 101 Å². The summed E-state index contributed by atoms with van der Waals surface area (Å²) in [7, 11) is 1.44. The molecular formula is C20H32Cl2N2O6. The Kier molecular flexibility index (Phi) is 11.1. The van der Waals surface area contributed by atoms with Crippen molar-refractivity contribution in [3.8, 4) is 0 Å². The summed E-state index contributed by atoms with van der Waals surface area (Å²) in [6.45, 7) is 1.41. The van der Waals surface area contributed by atoms with Gasteiger partial charge in [-0.25, -0.2) is 0 Å². The second-order valence-corrected chi connectivity index (χ2v) is 7.93. The van der Waals surface area contributed by atoms with Crippen molar-refractivity contribution < 1.29 is 30.0 Å². The normalized spacial score (nSPS) is 26.9. The SMILES string of the molecule is CON(CCCc1ccc(N(CCCl)CCCl)cc1)[C@@H]1O[C@H](CO)[C@@H](O)[C@H](O)[C@H]1O. The van der Waals surface area contributed by atoms with E-state index in [9.17, 15) is 20.4 Å². The van der Waals surface area contributed by atoms with Gasteiger partial charge in [0.1, 0.15) is 24.4 Å². The number of aryl methyl sites for hydroxylation is 1. The molecule has 1 heterocycles. The number of ether oxygens (including phenoxy) is 1. The van der Waals surface area contributed by atoms with Crippen LogP contribution in [0.3, 0.4) is 0 Å². The first-order chi connectivity index (χ1) is 14.5. The maximum atomic E-state index is 10.2. The zero-order chi connectivity index (χ0) is 22.1. The number of hydrogen-bond donors (Lipinski definition) is 4. The van der Waals surface area contributed by atoms with Gasteiger partial charge in [0.05, 0.1) is 13.7 Å². The summed E-state index contributed by atoms with van der Waals surface area (Å²) in [5, 5.41) is 40.9. The van der Waals surface area contributed by atoms with E-state index in [4.69, 9.17) is 32.8 Å². The standard InChI is InChI=1S/C20H32Cl2N2O6/c1-29-24(20-19(28)18(27)17(26)16(13-25)30-20)10-2-3-14-4-6-15(7-5-14)23(11-8-21)12-9-22/h4-7,16-20,25-28H,2-3,8-13H2,1H3/t16-,17-,18+,19-,20-/m1/s1. The van der Waals surface area contributed by atoms with E-state index in [1.165, 1.54) is 12.2 Å². The zero-order valence-corrected chi connectivity index (χ0v) is 18.6. The van der Waals surface area contributed by atoms with Crippen LogP contribution in [0.5, 0.6) is 0 Å². The van der Waals surface area contributed by atoms with Gasteiger partial charge in [0.2, 0.25) is 0 Å². The van der Waals surface area contributed by atoms with Crippen LogP contribution in [0.2, 0.25) is 0 Å². The number of aliphatic hydroxyl groups is 4. The van der Waals surface area contributed by atoms with E-state index in [1.54, 1.807) is 0 Å². The van der Waals surface area contributed by atoms with E-state index in [-0.39, 0.29) is 0 Å². The largest absolute Gasteiger partial charge is 0.394 e. The van der Waals surface area contributed by atoms with Crippen molar-refractivity contribution in [2.24, 2.45) is 0 Å². The number of hydroxylamine groups is 2. The Labute approximate surface area is 187 Å². The molecule has 1 aromatic carbocycles. The van der Waals surface area contributed by atoms with Gasteiger partial charge in [-0.3, -0.25) is 4.84 Å². The fraction of sp³-hybridized carbons (Fsp3) is 0.700. The lowest BCUT2D eigenvalue weighted by molar-refractivity contribution is -0.327. The van der Waals surface area contributed by atoms with E-state index < -0.39 is 37.3 Å². The molecule has 4 N–H and O–H groups in total. The highest BCUT2D eigenvalue weighted by molar-refractivity contribution is 6.18. The molecule has 0 spiro atoms. The van der Waals surface area contributed by atoms with Gasteiger partial charge in [0.15, 0.2) is 6.23 Å². The van der Waals surface area contributed by atoms with Crippen molar-refractivity contribution in [1.82, 2.24) is 5.06 Å². The Bertz CT molecular complexity index is 603. The molecule has 1 saturated heterocycles. The Morgan fingerprint density at radius 3 is 2.13 bits per heavy atom. The van der Waals surface area contributed by atoms with Crippen molar-refractivity contribution in [1.29, 1.82) is 0 Å². The van der Waals surface area contributed by atoms with Crippen molar-refractivity contribution in [2.45, 2.75) is 43.5 Å². The molecule has 1 aliphatic heterocycles. The molecule has 0 saturated carbocycles. The van der Waals surface area contributed by atoms with E-state index >= 15 is 0 Å². The van der Waals surface area contributed by atoms with Crippen LogP contribution >= 0.6 is 23.2 Å². The van der Waals surface area contributed by atoms with E-state index in [0.29, 0.717) is 24.7 Å². The number of halogens is 2. The van der Waals surface area contributed by atoms with Gasteiger partial charge in [0.25, 0.3) is 0 Å². The zero-order valence-electron chi connectivity index (χ0n) is 17.1. The molecule has 0 unspecified atom stereocenters. The van der Waals surface area contributed by atoms with Crippen LogP contribution in [0.25, 0.3) is 0 Å². The molecule has 1 aromatic rings. The average molecular weight is 467 g/mol. The molecule has 172 valence electrons. The first-order valence-electron chi connectivity index (χ1n) is 10.0. The third-order valence-corrected chi connectivity index (χ3v) is 5.58. The molecule has 30 heavy (non-hydrogen) atoms. The summed E-state index contributed by atoms with van der Waals surface area (Å²) >= 11 is 11.7. The van der Waals surface area contributed by atoms with Crippen molar-refractivity contribution >= 4 is 28.9 Å². The number of nitrogens with zero attached hydrogens (tertiary/aromatic N) is 2. The molecule has 1 aliphatic rings. The highest BCUT2D eigenvalue weighted by Gasteiger charge is 2.45. The predicted molar refractivity (Wildman–Crippen MR) is 116 cm³/mol. The van der Waals surface area contributed by atoms with Gasteiger partial charge in [-0.2, -0.15) is 5.06 Å². The molecule has 0 amide bonds. The molecule has 0 radical (unpaired) electrons. The summed E-state index contributed by atoms with van der Waals surface area (Å²) in [4.78, 5) is 7.46. The Balaban J connectivity index is 1.91. The predicted octanol–water partition coefficient (Wildman–Crippen LogP) is 0.566. The maximum absolute atomic E-state index is 10.2. The molecule has 0 aliphatic carbocycles. The molecule has 1 fully saturated rings. The first kappa shape index (κ1) is 25.6. The van der Waals surface area contributed by atoms with Crippen LogP contribution in [0.15, 0.2) is 24.3 Å². The van der Waals surface area contributed by atoms with Crippen molar-refractivity contribution in [3.05, 3.63) is 29.8 Å². The minimum absolute atomic E-state index is 0.422. The third-order valence-electron chi connectivity index (χ3n) is 5.24. The molecule has 8 nitrogen and oxygen atoms in total. The number of anilines is 1. The van der Waals surface area contributed by atoms with Crippen LogP contribution < -0.4 is 4.90 Å². The maximum Gasteiger partial charge on any atom is 0.162 e. The molecule has 5 atom stereocenters. The quantitative estimate of drug-likeness (QED) is 0.261. The number of aliphatic hydroxyl groups excluding tert-OH is 4.